The molecule has 1 aliphatic rings. The number of fused-ring (bicyclic) bond motifs is 1. The Morgan fingerprint density at radius 3 is 2.84 bits per heavy atom. The van der Waals surface area contributed by atoms with Crippen LogP contribution < -0.4 is 26.4 Å². The normalized spacial score (nSPS) is 11.9. The Bertz CT molecular complexity index is 1180. The molecule has 32 heavy (non-hydrogen) atoms. The van der Waals surface area contributed by atoms with Gasteiger partial charge in [-0.1, -0.05) is 12.2 Å². The molecule has 1 heterocycles. The number of nitrogens with zero attached hydrogens (tertiary/aromatic N) is 2. The van der Waals surface area contributed by atoms with Crippen LogP contribution in [0.4, 0.5) is 33.2 Å². The zero-order chi connectivity index (χ0) is 22.7. The number of aromatic nitrogens is 2. The van der Waals surface area contributed by atoms with Gasteiger partial charge in [0.15, 0.2) is 11.6 Å². The van der Waals surface area contributed by atoms with Gasteiger partial charge in [0.05, 0.1) is 19.0 Å². The Labute approximate surface area is 185 Å². The van der Waals surface area contributed by atoms with E-state index in [1.165, 1.54) is 13.2 Å². The van der Waals surface area contributed by atoms with Crippen LogP contribution in [-0.2, 0) is 6.42 Å². The van der Waals surface area contributed by atoms with E-state index in [2.05, 4.69) is 44.1 Å². The number of halogens is 1. The molecule has 1 aromatic heterocycles. The molecule has 1 aliphatic carbocycles. The van der Waals surface area contributed by atoms with Crippen molar-refractivity contribution < 1.29 is 14.2 Å². The molecular weight excluding hydrogens is 411 g/mol. The summed E-state index contributed by atoms with van der Waals surface area (Å²) in [4.78, 5) is 8.42. The first-order valence-electron chi connectivity index (χ1n) is 10.2. The van der Waals surface area contributed by atoms with E-state index < -0.39 is 5.82 Å². The predicted octanol–water partition coefficient (Wildman–Crippen LogP) is 4.07. The van der Waals surface area contributed by atoms with Gasteiger partial charge in [-0.2, -0.15) is 4.98 Å². The lowest BCUT2D eigenvalue weighted by molar-refractivity contribution is 0.404. The number of rotatable bonds is 8. The zero-order valence-electron chi connectivity index (χ0n) is 17.9. The fraction of sp³-hybridized carbons (Fsp3) is 0.217. The number of nitrogens with two attached hydrogens (primary N) is 1. The fourth-order valence-corrected chi connectivity index (χ4v) is 3.61. The van der Waals surface area contributed by atoms with Gasteiger partial charge in [0.25, 0.3) is 0 Å². The summed E-state index contributed by atoms with van der Waals surface area (Å²) in [5.41, 5.74) is 10.6. The van der Waals surface area contributed by atoms with Crippen molar-refractivity contribution in [3.05, 3.63) is 59.0 Å². The summed E-state index contributed by atoms with van der Waals surface area (Å²) in [5.74, 6) is 0.101. The summed E-state index contributed by atoms with van der Waals surface area (Å²) in [5, 5.41) is 19.3. The van der Waals surface area contributed by atoms with E-state index in [4.69, 9.17) is 10.5 Å². The van der Waals surface area contributed by atoms with Gasteiger partial charge in [0, 0.05) is 30.0 Å². The average Bonchev–Trinajstić information content (AvgIpc) is 3.26. The van der Waals surface area contributed by atoms with Crippen LogP contribution in [0, 0.1) is 12.7 Å². The molecule has 4 rings (SSSR count). The molecule has 0 saturated heterocycles. The maximum Gasteiger partial charge on any atom is 0.229 e. The second-order valence-electron chi connectivity index (χ2n) is 7.34. The molecular formula is C23H25FN6O2. The second kappa shape index (κ2) is 9.11. The minimum absolute atomic E-state index is 0.0157. The minimum Gasteiger partial charge on any atom is -0.508 e. The highest BCUT2D eigenvalue weighted by molar-refractivity contribution is 5.77. The Balaban J connectivity index is 1.64. The van der Waals surface area contributed by atoms with Gasteiger partial charge in [0.1, 0.15) is 11.5 Å². The van der Waals surface area contributed by atoms with Gasteiger partial charge >= 0.3 is 0 Å². The predicted molar refractivity (Wildman–Crippen MR) is 125 cm³/mol. The van der Waals surface area contributed by atoms with E-state index in [0.29, 0.717) is 30.1 Å². The molecule has 0 atom stereocenters. The number of nitrogens with one attached hydrogen (secondary N) is 3. The van der Waals surface area contributed by atoms with Crippen molar-refractivity contribution >= 4 is 34.9 Å². The molecule has 0 radical (unpaired) electrons. The summed E-state index contributed by atoms with van der Waals surface area (Å²) < 4.78 is 19.9. The minimum atomic E-state index is -0.617. The smallest absolute Gasteiger partial charge is 0.229 e. The summed E-state index contributed by atoms with van der Waals surface area (Å²) in [6.45, 7) is 2.88. The van der Waals surface area contributed by atoms with Crippen molar-refractivity contribution in [1.82, 2.24) is 9.97 Å². The molecule has 0 aliphatic heterocycles. The maximum atomic E-state index is 14.5. The molecule has 0 fully saturated rings. The number of phenols is 1. The topological polar surface area (TPSA) is 117 Å². The Kier molecular flexibility index (Phi) is 6.09. The van der Waals surface area contributed by atoms with Crippen molar-refractivity contribution in [1.29, 1.82) is 0 Å². The number of phenolic OH excluding ortho intramolecular Hbond substituents is 1. The molecule has 2 aromatic carbocycles. The van der Waals surface area contributed by atoms with Crippen molar-refractivity contribution in [3.63, 3.8) is 0 Å². The van der Waals surface area contributed by atoms with E-state index in [1.807, 2.05) is 6.07 Å². The van der Waals surface area contributed by atoms with Crippen LogP contribution in [0.25, 0.3) is 6.08 Å². The molecule has 3 aromatic rings. The summed E-state index contributed by atoms with van der Waals surface area (Å²) in [6.07, 6.45) is 6.03. The van der Waals surface area contributed by atoms with Crippen molar-refractivity contribution in [2.24, 2.45) is 5.73 Å². The fourth-order valence-electron chi connectivity index (χ4n) is 3.61. The lowest BCUT2D eigenvalue weighted by Gasteiger charge is -2.16. The molecule has 0 amide bonds. The van der Waals surface area contributed by atoms with Gasteiger partial charge in [0.2, 0.25) is 5.95 Å². The average molecular weight is 436 g/mol. The Morgan fingerprint density at radius 1 is 1.22 bits per heavy atom. The summed E-state index contributed by atoms with van der Waals surface area (Å²) >= 11 is 0. The molecule has 0 unspecified atom stereocenters. The molecule has 9 heteroatoms. The number of hydrogen-bond acceptors (Lipinski definition) is 8. The highest BCUT2D eigenvalue weighted by Gasteiger charge is 2.16. The van der Waals surface area contributed by atoms with Gasteiger partial charge in [-0.05, 0) is 48.7 Å². The van der Waals surface area contributed by atoms with Crippen LogP contribution in [0.2, 0.25) is 0 Å². The lowest BCUT2D eigenvalue weighted by atomic mass is 10.1. The highest BCUT2D eigenvalue weighted by atomic mass is 19.1. The number of methoxy groups -OCH3 is 1. The molecule has 0 spiro atoms. The standard InChI is InChI=1S/C23H25FN6O2/c1-13-20(31)7-6-18(21(13)32-2)28-22-17(24)12-27-23(30-22)29-19-11-15(26-9-8-25)10-14-4-3-5-16(14)19/h3-4,6-7,10-12,26,31H,5,8-9,25H2,1-2H3,(H2,27,28,29,30). The third-order valence-electron chi connectivity index (χ3n) is 5.20. The first kappa shape index (κ1) is 21.4. The van der Waals surface area contributed by atoms with Crippen molar-refractivity contribution in [2.75, 3.05) is 36.1 Å². The lowest BCUT2D eigenvalue weighted by Crippen LogP contribution is -2.13. The largest absolute Gasteiger partial charge is 0.508 e. The van der Waals surface area contributed by atoms with E-state index in [-0.39, 0.29) is 17.5 Å². The van der Waals surface area contributed by atoms with E-state index in [1.54, 1.807) is 13.0 Å². The molecule has 6 N–H and O–H groups in total. The summed E-state index contributed by atoms with van der Waals surface area (Å²) in [6, 6.07) is 7.14. The summed E-state index contributed by atoms with van der Waals surface area (Å²) in [7, 11) is 1.48. The third-order valence-corrected chi connectivity index (χ3v) is 5.20. The number of ether oxygens (including phenoxy) is 1. The first-order valence-corrected chi connectivity index (χ1v) is 10.2. The molecule has 0 bridgehead atoms. The monoisotopic (exact) mass is 436 g/mol. The highest BCUT2D eigenvalue weighted by Crippen LogP contribution is 2.37. The SMILES string of the molecule is COc1c(Nc2nc(Nc3cc(NCCN)cc4c3CC=C4)ncc2F)ccc(O)c1C. The Morgan fingerprint density at radius 2 is 2.06 bits per heavy atom. The van der Waals surface area contributed by atoms with Crippen LogP contribution >= 0.6 is 0 Å². The van der Waals surface area contributed by atoms with Crippen molar-refractivity contribution in [2.45, 2.75) is 13.3 Å². The number of hydrogen-bond donors (Lipinski definition) is 5. The second-order valence-corrected chi connectivity index (χ2v) is 7.34. The van der Waals surface area contributed by atoms with Gasteiger partial charge in [-0.15, -0.1) is 0 Å². The molecule has 0 saturated carbocycles. The van der Waals surface area contributed by atoms with E-state index in [0.717, 1.165) is 35.1 Å². The number of anilines is 5. The third kappa shape index (κ3) is 4.28. The van der Waals surface area contributed by atoms with Crippen LogP contribution in [0.3, 0.4) is 0 Å². The van der Waals surface area contributed by atoms with Gasteiger partial charge in [-0.25, -0.2) is 9.37 Å². The van der Waals surface area contributed by atoms with Crippen LogP contribution in [0.1, 0.15) is 16.7 Å². The van der Waals surface area contributed by atoms with Crippen LogP contribution in [0.15, 0.2) is 36.5 Å². The maximum absolute atomic E-state index is 14.5. The first-order chi connectivity index (χ1) is 15.5. The number of aromatic hydroxyl groups is 1. The van der Waals surface area contributed by atoms with Crippen molar-refractivity contribution in [3.8, 4) is 11.5 Å². The quantitative estimate of drug-likeness (QED) is 0.336. The zero-order valence-corrected chi connectivity index (χ0v) is 17.9. The Hall–Kier alpha value is -3.85. The number of allylic oxidation sites excluding steroid dienone is 1. The molecule has 8 nitrogen and oxygen atoms in total. The van der Waals surface area contributed by atoms with Gasteiger partial charge in [-0.3, -0.25) is 0 Å². The van der Waals surface area contributed by atoms with E-state index >= 15 is 0 Å². The van der Waals surface area contributed by atoms with Crippen LogP contribution in [0.5, 0.6) is 11.5 Å². The molecule has 166 valence electrons. The van der Waals surface area contributed by atoms with Gasteiger partial charge < -0.3 is 31.5 Å². The number of benzene rings is 2. The van der Waals surface area contributed by atoms with Crippen LogP contribution in [-0.4, -0.2) is 35.3 Å². The van der Waals surface area contributed by atoms with E-state index in [9.17, 15) is 9.50 Å².